The second kappa shape index (κ2) is 6.39. The molecule has 0 amide bonds. The van der Waals surface area contributed by atoms with Crippen LogP contribution in [0.25, 0.3) is 11.1 Å². The van der Waals surface area contributed by atoms with E-state index in [1.807, 2.05) is 0 Å². The molecule has 0 heterocycles. The van der Waals surface area contributed by atoms with Gasteiger partial charge in [-0.2, -0.15) is 8.78 Å². The van der Waals surface area contributed by atoms with Crippen LogP contribution in [0.5, 0.6) is 11.5 Å². The Balaban J connectivity index is 2.38. The molecule has 8 heteroatoms. The van der Waals surface area contributed by atoms with Crippen molar-refractivity contribution in [1.29, 1.82) is 0 Å². The van der Waals surface area contributed by atoms with Gasteiger partial charge in [-0.05, 0) is 23.8 Å². The molecule has 118 valence electrons. The monoisotopic (exact) mass is 338 g/mol. The smallest absolute Gasteiger partial charge is 0.433 e. The van der Waals surface area contributed by atoms with Gasteiger partial charge in [-0.15, -0.1) is 13.2 Å². The fourth-order valence-electron chi connectivity index (χ4n) is 1.78. The fraction of sp³-hybridized carbons (Fsp3) is 0.143. The van der Waals surface area contributed by atoms with Gasteiger partial charge < -0.3 is 9.47 Å². The molecule has 0 bridgehead atoms. The van der Waals surface area contributed by atoms with Crippen LogP contribution in [0.15, 0.2) is 42.5 Å². The van der Waals surface area contributed by atoms with Crippen molar-refractivity contribution in [2.45, 2.75) is 13.0 Å². The highest BCUT2D eigenvalue weighted by molar-refractivity contribution is 6.34. The predicted octanol–water partition coefficient (Wildman–Crippen LogP) is 5.51. The molecule has 0 atom stereocenters. The number of ether oxygens (including phenoxy) is 2. The maximum absolute atomic E-state index is 12.3. The summed E-state index contributed by atoms with van der Waals surface area (Å²) in [6.45, 7) is -3.06. The van der Waals surface area contributed by atoms with Crippen LogP contribution < -0.4 is 9.47 Å². The zero-order chi connectivity index (χ0) is 16.3. The molecule has 0 aliphatic rings. The van der Waals surface area contributed by atoms with Gasteiger partial charge in [-0.1, -0.05) is 35.9 Å². The van der Waals surface area contributed by atoms with Crippen LogP contribution in [0.4, 0.5) is 22.0 Å². The zero-order valence-corrected chi connectivity index (χ0v) is 11.5. The molecule has 22 heavy (non-hydrogen) atoms. The molecule has 0 fully saturated rings. The summed E-state index contributed by atoms with van der Waals surface area (Å²) in [4.78, 5) is 0. The Hall–Kier alpha value is -2.02. The molecule has 0 radical (unpaired) electrons. The fourth-order valence-corrected chi connectivity index (χ4v) is 2.06. The van der Waals surface area contributed by atoms with E-state index in [9.17, 15) is 22.0 Å². The van der Waals surface area contributed by atoms with Crippen molar-refractivity contribution in [3.63, 3.8) is 0 Å². The van der Waals surface area contributed by atoms with Crippen LogP contribution in [-0.2, 0) is 0 Å². The van der Waals surface area contributed by atoms with E-state index >= 15 is 0 Å². The van der Waals surface area contributed by atoms with Gasteiger partial charge in [0.15, 0.2) is 0 Å². The van der Waals surface area contributed by atoms with E-state index in [-0.39, 0.29) is 21.9 Å². The van der Waals surface area contributed by atoms with Gasteiger partial charge in [0.2, 0.25) is 0 Å². The summed E-state index contributed by atoms with van der Waals surface area (Å²) >= 11 is 5.95. The lowest BCUT2D eigenvalue weighted by Gasteiger charge is -2.13. The van der Waals surface area contributed by atoms with E-state index in [1.54, 1.807) is 0 Å². The molecule has 0 N–H and O–H groups in total. The highest BCUT2D eigenvalue weighted by Crippen LogP contribution is 2.37. The summed E-state index contributed by atoms with van der Waals surface area (Å²) < 4.78 is 69.2. The Kier molecular flexibility index (Phi) is 4.75. The van der Waals surface area contributed by atoms with Gasteiger partial charge in [0.1, 0.15) is 11.5 Å². The Morgan fingerprint density at radius 2 is 1.68 bits per heavy atom. The summed E-state index contributed by atoms with van der Waals surface area (Å²) in [6, 6.07) is 9.10. The standard InChI is InChI=1S/C14H8ClF5O2/c15-12-10(5-2-6-11(12)21-13(16)17)8-3-1-4-9(7-8)22-14(18,19)20/h1-7,13H. The van der Waals surface area contributed by atoms with Gasteiger partial charge >= 0.3 is 13.0 Å². The Morgan fingerprint density at radius 3 is 2.32 bits per heavy atom. The van der Waals surface area contributed by atoms with Crippen LogP contribution in [0.2, 0.25) is 5.02 Å². The minimum absolute atomic E-state index is 0.132. The van der Waals surface area contributed by atoms with E-state index in [0.29, 0.717) is 0 Å². The summed E-state index contributed by atoms with van der Waals surface area (Å²) in [7, 11) is 0. The molecule has 0 aliphatic heterocycles. The average Bonchev–Trinajstić information content (AvgIpc) is 2.39. The summed E-state index contributed by atoms with van der Waals surface area (Å²) in [5.41, 5.74) is 0.513. The average molecular weight is 339 g/mol. The lowest BCUT2D eigenvalue weighted by Crippen LogP contribution is -2.17. The second-order valence-corrected chi connectivity index (χ2v) is 4.45. The summed E-state index contributed by atoms with van der Waals surface area (Å²) in [5, 5.41) is -0.132. The molecular weight excluding hydrogens is 331 g/mol. The Bertz CT molecular complexity index is 658. The third-order valence-electron chi connectivity index (χ3n) is 2.56. The number of rotatable bonds is 4. The first-order valence-electron chi connectivity index (χ1n) is 5.86. The third kappa shape index (κ3) is 4.24. The van der Waals surface area contributed by atoms with Crippen molar-refractivity contribution in [1.82, 2.24) is 0 Å². The molecule has 2 rings (SSSR count). The first-order chi connectivity index (χ1) is 10.3. The minimum Gasteiger partial charge on any atom is -0.433 e. The lowest BCUT2D eigenvalue weighted by atomic mass is 10.1. The lowest BCUT2D eigenvalue weighted by molar-refractivity contribution is -0.274. The molecule has 0 unspecified atom stereocenters. The van der Waals surface area contributed by atoms with E-state index in [1.165, 1.54) is 30.3 Å². The first kappa shape index (κ1) is 16.4. The Morgan fingerprint density at radius 1 is 1.00 bits per heavy atom. The number of hydrogen-bond donors (Lipinski definition) is 0. The van der Waals surface area contributed by atoms with Crippen molar-refractivity contribution in [3.8, 4) is 22.6 Å². The SMILES string of the molecule is FC(F)Oc1cccc(-c2cccc(OC(F)(F)F)c2)c1Cl. The number of alkyl halides is 5. The van der Waals surface area contributed by atoms with Crippen molar-refractivity contribution >= 4 is 11.6 Å². The molecule has 0 saturated carbocycles. The van der Waals surface area contributed by atoms with Gasteiger partial charge in [-0.25, -0.2) is 0 Å². The van der Waals surface area contributed by atoms with Crippen LogP contribution in [0, 0.1) is 0 Å². The van der Waals surface area contributed by atoms with Crippen LogP contribution in [-0.4, -0.2) is 13.0 Å². The quantitative estimate of drug-likeness (QED) is 0.685. The van der Waals surface area contributed by atoms with E-state index in [4.69, 9.17) is 11.6 Å². The van der Waals surface area contributed by atoms with E-state index in [2.05, 4.69) is 9.47 Å². The summed E-state index contributed by atoms with van der Waals surface area (Å²) in [6.07, 6.45) is -4.83. The van der Waals surface area contributed by atoms with Gasteiger partial charge in [-0.3, -0.25) is 0 Å². The highest BCUT2D eigenvalue weighted by Gasteiger charge is 2.31. The normalized spacial score (nSPS) is 11.6. The number of benzene rings is 2. The van der Waals surface area contributed by atoms with Crippen molar-refractivity contribution in [3.05, 3.63) is 47.5 Å². The van der Waals surface area contributed by atoms with Crippen molar-refractivity contribution in [2.24, 2.45) is 0 Å². The van der Waals surface area contributed by atoms with Crippen LogP contribution in [0.3, 0.4) is 0 Å². The van der Waals surface area contributed by atoms with Crippen molar-refractivity contribution < 1.29 is 31.4 Å². The minimum atomic E-state index is -4.83. The topological polar surface area (TPSA) is 18.5 Å². The number of halogens is 6. The molecule has 2 aromatic rings. The van der Waals surface area contributed by atoms with Gasteiger partial charge in [0, 0.05) is 5.56 Å². The molecular formula is C14H8ClF5O2. The van der Waals surface area contributed by atoms with E-state index < -0.39 is 18.7 Å². The molecule has 2 aromatic carbocycles. The largest absolute Gasteiger partial charge is 0.573 e. The van der Waals surface area contributed by atoms with Crippen LogP contribution in [0.1, 0.15) is 0 Å². The van der Waals surface area contributed by atoms with E-state index in [0.717, 1.165) is 12.1 Å². The molecule has 0 saturated heterocycles. The second-order valence-electron chi connectivity index (χ2n) is 4.07. The molecule has 0 spiro atoms. The molecule has 0 aliphatic carbocycles. The molecule has 2 nitrogen and oxygen atoms in total. The Labute approximate surface area is 127 Å². The van der Waals surface area contributed by atoms with Crippen LogP contribution >= 0.6 is 11.6 Å². The third-order valence-corrected chi connectivity index (χ3v) is 2.95. The maximum atomic E-state index is 12.3. The summed E-state index contributed by atoms with van der Waals surface area (Å²) in [5.74, 6) is -0.711. The maximum Gasteiger partial charge on any atom is 0.573 e. The van der Waals surface area contributed by atoms with Gasteiger partial charge in [0.05, 0.1) is 5.02 Å². The van der Waals surface area contributed by atoms with Crippen molar-refractivity contribution in [2.75, 3.05) is 0 Å². The first-order valence-corrected chi connectivity index (χ1v) is 6.23. The predicted molar refractivity (Wildman–Crippen MR) is 70.2 cm³/mol. The number of hydrogen-bond acceptors (Lipinski definition) is 2. The molecule has 0 aromatic heterocycles. The van der Waals surface area contributed by atoms with Gasteiger partial charge in [0.25, 0.3) is 0 Å². The highest BCUT2D eigenvalue weighted by atomic mass is 35.5. The zero-order valence-electron chi connectivity index (χ0n) is 10.7.